The number of rotatable bonds is 8. The van der Waals surface area contributed by atoms with Crippen molar-refractivity contribution in [3.8, 4) is 0 Å². The van der Waals surface area contributed by atoms with Gasteiger partial charge in [-0.3, -0.25) is 4.90 Å². The van der Waals surface area contributed by atoms with Crippen LogP contribution in [0.5, 0.6) is 0 Å². The van der Waals surface area contributed by atoms with Crippen molar-refractivity contribution in [1.82, 2.24) is 14.9 Å². The van der Waals surface area contributed by atoms with Crippen molar-refractivity contribution in [2.24, 2.45) is 0 Å². The fourth-order valence-electron chi connectivity index (χ4n) is 3.10. The Morgan fingerprint density at radius 3 is 2.80 bits per heavy atom. The van der Waals surface area contributed by atoms with Crippen molar-refractivity contribution in [3.63, 3.8) is 0 Å². The summed E-state index contributed by atoms with van der Waals surface area (Å²) in [6.45, 7) is 2.86. The van der Waals surface area contributed by atoms with E-state index < -0.39 is 12.0 Å². The van der Waals surface area contributed by atoms with E-state index in [2.05, 4.69) is 20.2 Å². The summed E-state index contributed by atoms with van der Waals surface area (Å²) in [5.74, 6) is 1.30. The third-order valence-corrected chi connectivity index (χ3v) is 5.08. The minimum absolute atomic E-state index is 0.552. The number of likely N-dealkylation sites (tertiary alicyclic amines) is 1. The molecule has 6 nitrogen and oxygen atoms in total. The van der Waals surface area contributed by atoms with E-state index in [4.69, 9.17) is 0 Å². The van der Waals surface area contributed by atoms with Gasteiger partial charge in [-0.2, -0.15) is 11.8 Å². The molecule has 1 aliphatic heterocycles. The van der Waals surface area contributed by atoms with Gasteiger partial charge < -0.3 is 10.4 Å². The first-order valence-electron chi connectivity index (χ1n) is 8.63. The first-order valence-corrected chi connectivity index (χ1v) is 10.0. The summed E-state index contributed by atoms with van der Waals surface area (Å²) in [5.41, 5.74) is 0.850. The number of hydrogen-bond acceptors (Lipinski definition) is 6. The molecule has 1 atom stereocenters. The molecule has 1 unspecified atom stereocenters. The molecule has 0 bridgehead atoms. The van der Waals surface area contributed by atoms with Gasteiger partial charge in [0.15, 0.2) is 0 Å². The Bertz CT molecular complexity index is 734. The van der Waals surface area contributed by atoms with Crippen LogP contribution in [0.4, 0.5) is 5.82 Å². The smallest absolute Gasteiger partial charge is 0.326 e. The van der Waals surface area contributed by atoms with Crippen LogP contribution in [0.3, 0.4) is 0 Å². The monoisotopic (exact) mass is 360 g/mol. The van der Waals surface area contributed by atoms with Gasteiger partial charge in [0.2, 0.25) is 0 Å². The van der Waals surface area contributed by atoms with Crippen molar-refractivity contribution in [1.29, 1.82) is 0 Å². The van der Waals surface area contributed by atoms with Crippen LogP contribution in [0.1, 0.15) is 25.1 Å². The maximum absolute atomic E-state index is 11.6. The predicted molar refractivity (Wildman–Crippen MR) is 102 cm³/mol. The molecule has 2 N–H and O–H groups in total. The van der Waals surface area contributed by atoms with E-state index in [1.807, 2.05) is 30.5 Å². The second-order valence-electron chi connectivity index (χ2n) is 6.31. The van der Waals surface area contributed by atoms with E-state index in [0.717, 1.165) is 35.6 Å². The summed E-state index contributed by atoms with van der Waals surface area (Å²) in [5, 5.41) is 13.5. The number of nitrogens with one attached hydrogen (secondary N) is 1. The predicted octanol–water partition coefficient (Wildman–Crippen LogP) is 2.84. The summed E-state index contributed by atoms with van der Waals surface area (Å²) >= 11 is 1.64. The molecule has 2 heterocycles. The SMILES string of the molecule is CSCCC(Nc1nc(CN2CCCC2)nc2ccccc12)C(=O)O. The quantitative estimate of drug-likeness (QED) is 0.749. The Labute approximate surface area is 152 Å². The van der Waals surface area contributed by atoms with Gasteiger partial charge in [0.05, 0.1) is 12.1 Å². The minimum Gasteiger partial charge on any atom is -0.480 e. The van der Waals surface area contributed by atoms with E-state index in [0.29, 0.717) is 18.8 Å². The van der Waals surface area contributed by atoms with E-state index >= 15 is 0 Å². The summed E-state index contributed by atoms with van der Waals surface area (Å²) in [7, 11) is 0. The molecule has 2 aromatic rings. The number of nitrogens with zero attached hydrogens (tertiary/aromatic N) is 3. The summed E-state index contributed by atoms with van der Waals surface area (Å²) in [6, 6.07) is 7.11. The Kier molecular flexibility index (Phi) is 6.09. The minimum atomic E-state index is -0.849. The molecule has 25 heavy (non-hydrogen) atoms. The molecule has 1 aromatic carbocycles. The number of para-hydroxylation sites is 1. The third-order valence-electron chi connectivity index (χ3n) is 4.43. The molecule has 1 aliphatic rings. The Morgan fingerprint density at radius 1 is 1.32 bits per heavy atom. The average Bonchev–Trinajstić information content (AvgIpc) is 3.11. The van der Waals surface area contributed by atoms with Crippen LogP contribution in [0.25, 0.3) is 10.9 Å². The van der Waals surface area contributed by atoms with Crippen molar-refractivity contribution in [2.75, 3.05) is 30.4 Å². The number of anilines is 1. The molecule has 0 spiro atoms. The highest BCUT2D eigenvalue weighted by Crippen LogP contribution is 2.23. The number of fused-ring (bicyclic) bond motifs is 1. The number of aliphatic carboxylic acids is 1. The molecule has 0 radical (unpaired) electrons. The fraction of sp³-hybridized carbons (Fsp3) is 0.500. The number of carboxylic acids is 1. The van der Waals surface area contributed by atoms with E-state index in [1.54, 1.807) is 11.8 Å². The van der Waals surface area contributed by atoms with Gasteiger partial charge in [0.1, 0.15) is 17.7 Å². The van der Waals surface area contributed by atoms with Crippen LogP contribution in [-0.2, 0) is 11.3 Å². The molecule has 0 aliphatic carbocycles. The topological polar surface area (TPSA) is 78.4 Å². The van der Waals surface area contributed by atoms with Gasteiger partial charge in [-0.15, -0.1) is 0 Å². The first kappa shape index (κ1) is 17.9. The molecule has 7 heteroatoms. The second kappa shape index (κ2) is 8.49. The highest BCUT2D eigenvalue weighted by molar-refractivity contribution is 7.98. The van der Waals surface area contributed by atoms with Crippen LogP contribution >= 0.6 is 11.8 Å². The van der Waals surface area contributed by atoms with Gasteiger partial charge in [-0.1, -0.05) is 12.1 Å². The van der Waals surface area contributed by atoms with Crippen molar-refractivity contribution < 1.29 is 9.90 Å². The van der Waals surface area contributed by atoms with Gasteiger partial charge in [0.25, 0.3) is 0 Å². The molecule has 0 amide bonds. The highest BCUT2D eigenvalue weighted by Gasteiger charge is 2.20. The number of carbonyl (C=O) groups is 1. The maximum Gasteiger partial charge on any atom is 0.326 e. The van der Waals surface area contributed by atoms with Gasteiger partial charge in [-0.25, -0.2) is 14.8 Å². The van der Waals surface area contributed by atoms with Crippen LogP contribution in [0.15, 0.2) is 24.3 Å². The van der Waals surface area contributed by atoms with Crippen molar-refractivity contribution in [3.05, 3.63) is 30.1 Å². The first-order chi connectivity index (χ1) is 12.2. The van der Waals surface area contributed by atoms with Crippen LogP contribution in [0, 0.1) is 0 Å². The zero-order chi connectivity index (χ0) is 17.6. The molecular formula is C18H24N4O2S. The fourth-order valence-corrected chi connectivity index (χ4v) is 3.58. The average molecular weight is 360 g/mol. The van der Waals surface area contributed by atoms with E-state index in [-0.39, 0.29) is 0 Å². The number of carboxylic acid groups (broad SMARTS) is 1. The third kappa shape index (κ3) is 4.61. The largest absolute Gasteiger partial charge is 0.480 e. The van der Waals surface area contributed by atoms with Crippen molar-refractivity contribution >= 4 is 34.5 Å². The van der Waals surface area contributed by atoms with E-state index in [9.17, 15) is 9.90 Å². The standard InChI is InChI=1S/C18H24N4O2S/c1-25-11-8-15(18(23)24)20-17-13-6-2-3-7-14(13)19-16(21-17)12-22-9-4-5-10-22/h2-3,6-7,15H,4-5,8-12H2,1H3,(H,23,24)(H,19,20,21). The van der Waals surface area contributed by atoms with Crippen molar-refractivity contribution in [2.45, 2.75) is 31.8 Å². The lowest BCUT2D eigenvalue weighted by Gasteiger charge is -2.18. The number of hydrogen-bond donors (Lipinski definition) is 2. The summed E-state index contributed by atoms with van der Waals surface area (Å²) in [6.07, 6.45) is 4.96. The van der Waals surface area contributed by atoms with Crippen LogP contribution < -0.4 is 5.32 Å². The number of benzene rings is 1. The second-order valence-corrected chi connectivity index (χ2v) is 7.29. The Hall–Kier alpha value is -1.86. The molecule has 3 rings (SSSR count). The molecule has 1 fully saturated rings. The van der Waals surface area contributed by atoms with Gasteiger partial charge >= 0.3 is 5.97 Å². The molecule has 1 aromatic heterocycles. The highest BCUT2D eigenvalue weighted by atomic mass is 32.2. The Morgan fingerprint density at radius 2 is 2.08 bits per heavy atom. The summed E-state index contributed by atoms with van der Waals surface area (Å²) < 4.78 is 0. The zero-order valence-corrected chi connectivity index (χ0v) is 15.3. The van der Waals surface area contributed by atoms with Crippen LogP contribution in [0.2, 0.25) is 0 Å². The maximum atomic E-state index is 11.6. The molecule has 134 valence electrons. The van der Waals surface area contributed by atoms with Crippen LogP contribution in [-0.4, -0.2) is 57.1 Å². The lowest BCUT2D eigenvalue weighted by molar-refractivity contribution is -0.137. The lowest BCUT2D eigenvalue weighted by Crippen LogP contribution is -2.30. The normalized spacial score (nSPS) is 16.2. The lowest BCUT2D eigenvalue weighted by atomic mass is 10.2. The molecular weight excluding hydrogens is 336 g/mol. The van der Waals surface area contributed by atoms with Gasteiger partial charge in [-0.05, 0) is 56.5 Å². The molecule has 1 saturated heterocycles. The summed E-state index contributed by atoms with van der Waals surface area (Å²) in [4.78, 5) is 23.3. The number of thioether (sulfide) groups is 1. The molecule has 0 saturated carbocycles. The van der Waals surface area contributed by atoms with Gasteiger partial charge in [0, 0.05) is 5.39 Å². The van der Waals surface area contributed by atoms with E-state index in [1.165, 1.54) is 12.8 Å². The zero-order valence-electron chi connectivity index (χ0n) is 14.4. The Balaban J connectivity index is 1.89. The number of aromatic nitrogens is 2.